The molecule has 0 radical (unpaired) electrons. The van der Waals surface area contributed by atoms with E-state index in [9.17, 15) is 18.4 Å². The Hall–Kier alpha value is -1.98. The molecule has 1 aliphatic carbocycles. The molecule has 0 aliphatic heterocycles. The van der Waals surface area contributed by atoms with Crippen LogP contribution in [-0.2, 0) is 9.59 Å². The highest BCUT2D eigenvalue weighted by Gasteiger charge is 2.46. The van der Waals surface area contributed by atoms with Gasteiger partial charge in [0.15, 0.2) is 11.6 Å². The summed E-state index contributed by atoms with van der Waals surface area (Å²) in [6.45, 7) is 1.35. The van der Waals surface area contributed by atoms with Crippen molar-refractivity contribution < 1.29 is 23.5 Å². The van der Waals surface area contributed by atoms with Crippen LogP contribution in [0.15, 0.2) is 18.2 Å². The van der Waals surface area contributed by atoms with Crippen molar-refractivity contribution in [3.05, 3.63) is 35.4 Å². The summed E-state index contributed by atoms with van der Waals surface area (Å²) in [5.74, 6) is -4.32. The molecule has 19 heavy (non-hydrogen) atoms. The monoisotopic (exact) mass is 269 g/mol. The quantitative estimate of drug-likeness (QED) is 0.873. The molecule has 1 aliphatic rings. The topological polar surface area (TPSA) is 66.4 Å². The van der Waals surface area contributed by atoms with E-state index in [1.54, 1.807) is 0 Å². The van der Waals surface area contributed by atoms with Crippen molar-refractivity contribution in [2.24, 2.45) is 5.92 Å². The van der Waals surface area contributed by atoms with Crippen LogP contribution in [0.4, 0.5) is 8.78 Å². The first-order valence-electron chi connectivity index (χ1n) is 5.89. The Morgan fingerprint density at radius 1 is 1.42 bits per heavy atom. The summed E-state index contributed by atoms with van der Waals surface area (Å²) in [5, 5.41) is 11.0. The molecule has 4 nitrogen and oxygen atoms in total. The van der Waals surface area contributed by atoms with Crippen molar-refractivity contribution in [2.75, 3.05) is 0 Å². The molecular formula is C13H13F2NO3. The van der Waals surface area contributed by atoms with E-state index in [0.29, 0.717) is 6.42 Å². The highest BCUT2D eigenvalue weighted by molar-refractivity contribution is 5.87. The summed E-state index contributed by atoms with van der Waals surface area (Å²) in [5.41, 5.74) is 0.170. The Morgan fingerprint density at radius 2 is 2.11 bits per heavy atom. The number of hydrogen-bond acceptors (Lipinski definition) is 2. The highest BCUT2D eigenvalue weighted by atomic mass is 19.2. The van der Waals surface area contributed by atoms with E-state index >= 15 is 0 Å². The molecule has 0 heterocycles. The molecule has 2 rings (SSSR count). The van der Waals surface area contributed by atoms with Crippen molar-refractivity contribution in [3.8, 4) is 0 Å². The van der Waals surface area contributed by atoms with E-state index in [-0.39, 0.29) is 11.5 Å². The minimum absolute atomic E-state index is 0.170. The zero-order valence-electron chi connectivity index (χ0n) is 10.2. The molecule has 1 aromatic carbocycles. The molecule has 102 valence electrons. The van der Waals surface area contributed by atoms with Gasteiger partial charge in [-0.2, -0.15) is 0 Å². The second kappa shape index (κ2) is 4.95. The second-order valence-electron chi connectivity index (χ2n) is 4.66. The SMILES string of the molecule is C[C@H](NC(=O)C1CC1c1cccc(F)c1F)C(=O)O. The number of aliphatic carboxylic acids is 1. The number of carbonyl (C=O) groups excluding carboxylic acids is 1. The van der Waals surface area contributed by atoms with Gasteiger partial charge < -0.3 is 10.4 Å². The van der Waals surface area contributed by atoms with Gasteiger partial charge in [-0.05, 0) is 30.9 Å². The van der Waals surface area contributed by atoms with Crippen LogP contribution in [0.25, 0.3) is 0 Å². The number of hydrogen-bond donors (Lipinski definition) is 2. The Morgan fingerprint density at radius 3 is 2.74 bits per heavy atom. The van der Waals surface area contributed by atoms with Gasteiger partial charge in [0.05, 0.1) is 0 Å². The van der Waals surface area contributed by atoms with Gasteiger partial charge in [0.1, 0.15) is 6.04 Å². The van der Waals surface area contributed by atoms with Crippen molar-refractivity contribution in [3.63, 3.8) is 0 Å². The molecule has 2 N–H and O–H groups in total. The van der Waals surface area contributed by atoms with Crippen LogP contribution in [0.1, 0.15) is 24.8 Å². The standard InChI is InChI=1S/C13H13F2NO3/c1-6(13(18)19)16-12(17)9-5-8(9)7-3-2-4-10(14)11(7)15/h2-4,6,8-9H,5H2,1H3,(H,16,17)(H,18,19)/t6-,8?,9?/m0/s1. The van der Waals surface area contributed by atoms with Gasteiger partial charge in [-0.1, -0.05) is 12.1 Å². The van der Waals surface area contributed by atoms with E-state index in [1.165, 1.54) is 19.1 Å². The van der Waals surface area contributed by atoms with Gasteiger partial charge in [-0.15, -0.1) is 0 Å². The first-order chi connectivity index (χ1) is 8.91. The Bertz CT molecular complexity index is 533. The summed E-state index contributed by atoms with van der Waals surface area (Å²) in [6.07, 6.45) is 0.401. The predicted octanol–water partition coefficient (Wildman–Crippen LogP) is 1.66. The number of halogens is 2. The fourth-order valence-electron chi connectivity index (χ4n) is 2.02. The number of nitrogens with one attached hydrogen (secondary N) is 1. The van der Waals surface area contributed by atoms with Crippen LogP contribution in [-0.4, -0.2) is 23.0 Å². The largest absolute Gasteiger partial charge is 0.480 e. The summed E-state index contributed by atoms with van der Waals surface area (Å²) in [6, 6.07) is 2.85. The van der Waals surface area contributed by atoms with Crippen LogP contribution in [0.3, 0.4) is 0 Å². The van der Waals surface area contributed by atoms with E-state index < -0.39 is 35.5 Å². The van der Waals surface area contributed by atoms with Crippen LogP contribution in [0, 0.1) is 17.6 Å². The maximum Gasteiger partial charge on any atom is 0.325 e. The number of carboxylic acids is 1. The number of carbonyl (C=O) groups is 2. The summed E-state index contributed by atoms with van der Waals surface area (Å²) in [4.78, 5) is 22.3. The molecule has 1 amide bonds. The Kier molecular flexibility index (Phi) is 3.50. The molecule has 6 heteroatoms. The van der Waals surface area contributed by atoms with Crippen LogP contribution in [0.5, 0.6) is 0 Å². The predicted molar refractivity (Wildman–Crippen MR) is 62.4 cm³/mol. The van der Waals surface area contributed by atoms with Gasteiger partial charge in [0.25, 0.3) is 0 Å². The van der Waals surface area contributed by atoms with Crippen molar-refractivity contribution in [2.45, 2.75) is 25.3 Å². The minimum atomic E-state index is -1.14. The first-order valence-corrected chi connectivity index (χ1v) is 5.89. The molecule has 1 fully saturated rings. The highest BCUT2D eigenvalue weighted by Crippen LogP contribution is 2.48. The number of amides is 1. The minimum Gasteiger partial charge on any atom is -0.480 e. The molecule has 1 aromatic rings. The van der Waals surface area contributed by atoms with Crippen LogP contribution >= 0.6 is 0 Å². The van der Waals surface area contributed by atoms with Gasteiger partial charge in [-0.25, -0.2) is 8.78 Å². The maximum absolute atomic E-state index is 13.5. The number of carboxylic acid groups (broad SMARTS) is 1. The smallest absolute Gasteiger partial charge is 0.325 e. The number of rotatable bonds is 4. The molecular weight excluding hydrogens is 256 g/mol. The summed E-state index contributed by atoms with van der Waals surface area (Å²) < 4.78 is 26.6. The molecule has 0 bridgehead atoms. The normalized spacial score (nSPS) is 22.7. The molecule has 3 atom stereocenters. The third-order valence-electron chi connectivity index (χ3n) is 3.24. The van der Waals surface area contributed by atoms with Crippen LogP contribution in [0.2, 0.25) is 0 Å². The third kappa shape index (κ3) is 2.72. The fourth-order valence-corrected chi connectivity index (χ4v) is 2.02. The van der Waals surface area contributed by atoms with E-state index in [4.69, 9.17) is 5.11 Å². The molecule has 2 unspecified atom stereocenters. The van der Waals surface area contributed by atoms with Crippen molar-refractivity contribution in [1.29, 1.82) is 0 Å². The average Bonchev–Trinajstić information content (AvgIpc) is 3.12. The lowest BCUT2D eigenvalue weighted by molar-refractivity contribution is -0.141. The van der Waals surface area contributed by atoms with Crippen LogP contribution < -0.4 is 5.32 Å². The zero-order chi connectivity index (χ0) is 14.2. The zero-order valence-corrected chi connectivity index (χ0v) is 10.2. The molecule has 0 spiro atoms. The maximum atomic E-state index is 13.5. The summed E-state index contributed by atoms with van der Waals surface area (Å²) in [7, 11) is 0. The molecule has 0 aromatic heterocycles. The van der Waals surface area contributed by atoms with Crippen molar-refractivity contribution >= 4 is 11.9 Å². The average molecular weight is 269 g/mol. The fraction of sp³-hybridized carbons (Fsp3) is 0.385. The second-order valence-corrected chi connectivity index (χ2v) is 4.66. The van der Waals surface area contributed by atoms with E-state index in [0.717, 1.165) is 6.07 Å². The molecule has 0 saturated heterocycles. The van der Waals surface area contributed by atoms with E-state index in [2.05, 4.69) is 5.32 Å². The Labute approximate surface area is 108 Å². The van der Waals surface area contributed by atoms with E-state index in [1.807, 2.05) is 0 Å². The first kappa shape index (κ1) is 13.5. The summed E-state index contributed by atoms with van der Waals surface area (Å²) >= 11 is 0. The van der Waals surface area contributed by atoms with Gasteiger partial charge in [0, 0.05) is 5.92 Å². The Balaban J connectivity index is 2.03. The number of benzene rings is 1. The van der Waals surface area contributed by atoms with Crippen molar-refractivity contribution in [1.82, 2.24) is 5.32 Å². The lowest BCUT2D eigenvalue weighted by Gasteiger charge is -2.09. The van der Waals surface area contributed by atoms with Gasteiger partial charge >= 0.3 is 5.97 Å². The molecule has 1 saturated carbocycles. The van der Waals surface area contributed by atoms with Gasteiger partial charge in [-0.3, -0.25) is 9.59 Å². The lowest BCUT2D eigenvalue weighted by atomic mass is 10.1. The van der Waals surface area contributed by atoms with Gasteiger partial charge in [0.2, 0.25) is 5.91 Å². The lowest BCUT2D eigenvalue weighted by Crippen LogP contribution is -2.39. The third-order valence-corrected chi connectivity index (χ3v) is 3.24.